The summed E-state index contributed by atoms with van der Waals surface area (Å²) < 4.78 is 11.1. The van der Waals surface area contributed by atoms with E-state index < -0.39 is 0 Å². The van der Waals surface area contributed by atoms with Crippen LogP contribution in [0, 0.1) is 0 Å². The summed E-state index contributed by atoms with van der Waals surface area (Å²) in [5.74, 6) is 1.59. The van der Waals surface area contributed by atoms with Crippen molar-refractivity contribution < 1.29 is 9.47 Å². The lowest BCUT2D eigenvalue weighted by Crippen LogP contribution is -2.02. The number of methoxy groups -OCH3 is 1. The standard InChI is InChI=1S/C16H27NO2/c1-3-4-5-6-7-8-11-19-16-12-14(13-17)9-10-15(16)18-2/h9-10,12H,3-8,11,13,17H2,1-2H3. The fourth-order valence-corrected chi connectivity index (χ4v) is 2.03. The van der Waals surface area contributed by atoms with E-state index in [1.165, 1.54) is 32.1 Å². The van der Waals surface area contributed by atoms with Crippen LogP contribution < -0.4 is 15.2 Å². The number of hydrogen-bond acceptors (Lipinski definition) is 3. The normalized spacial score (nSPS) is 10.5. The van der Waals surface area contributed by atoms with Gasteiger partial charge in [0.25, 0.3) is 0 Å². The van der Waals surface area contributed by atoms with Gasteiger partial charge in [0.15, 0.2) is 11.5 Å². The second-order valence-corrected chi connectivity index (χ2v) is 4.81. The molecule has 108 valence electrons. The summed E-state index contributed by atoms with van der Waals surface area (Å²) in [5.41, 5.74) is 6.70. The Morgan fingerprint density at radius 2 is 1.74 bits per heavy atom. The predicted octanol–water partition coefficient (Wildman–Crippen LogP) is 3.89. The van der Waals surface area contributed by atoms with Crippen molar-refractivity contribution in [3.63, 3.8) is 0 Å². The van der Waals surface area contributed by atoms with E-state index in [-0.39, 0.29) is 0 Å². The summed E-state index contributed by atoms with van der Waals surface area (Å²) in [6.07, 6.45) is 7.60. The molecule has 0 spiro atoms. The number of nitrogens with two attached hydrogens (primary N) is 1. The highest BCUT2D eigenvalue weighted by atomic mass is 16.5. The molecule has 2 N–H and O–H groups in total. The number of unbranched alkanes of at least 4 members (excludes halogenated alkanes) is 5. The van der Waals surface area contributed by atoms with Gasteiger partial charge in [-0.15, -0.1) is 0 Å². The van der Waals surface area contributed by atoms with Crippen molar-refractivity contribution >= 4 is 0 Å². The van der Waals surface area contributed by atoms with Gasteiger partial charge in [0.05, 0.1) is 13.7 Å². The van der Waals surface area contributed by atoms with Crippen LogP contribution in [0.2, 0.25) is 0 Å². The summed E-state index contributed by atoms with van der Waals surface area (Å²) in [7, 11) is 1.66. The van der Waals surface area contributed by atoms with E-state index in [2.05, 4.69) is 6.92 Å². The summed E-state index contributed by atoms with van der Waals surface area (Å²) in [4.78, 5) is 0. The van der Waals surface area contributed by atoms with E-state index >= 15 is 0 Å². The average Bonchev–Trinajstić information content (AvgIpc) is 2.46. The van der Waals surface area contributed by atoms with Crippen molar-refractivity contribution in [2.75, 3.05) is 13.7 Å². The highest BCUT2D eigenvalue weighted by Crippen LogP contribution is 2.28. The summed E-state index contributed by atoms with van der Waals surface area (Å²) in [6, 6.07) is 5.85. The van der Waals surface area contributed by atoms with Crippen LogP contribution >= 0.6 is 0 Å². The molecule has 0 radical (unpaired) electrons. The molecule has 0 unspecified atom stereocenters. The number of rotatable bonds is 10. The Kier molecular flexibility index (Phi) is 8.07. The lowest BCUT2D eigenvalue weighted by atomic mass is 10.1. The smallest absolute Gasteiger partial charge is 0.161 e. The highest BCUT2D eigenvalue weighted by Gasteiger charge is 2.05. The van der Waals surface area contributed by atoms with Crippen molar-refractivity contribution in [3.05, 3.63) is 23.8 Å². The zero-order valence-electron chi connectivity index (χ0n) is 12.3. The van der Waals surface area contributed by atoms with Crippen LogP contribution in [0.25, 0.3) is 0 Å². The van der Waals surface area contributed by atoms with Crippen molar-refractivity contribution in [2.24, 2.45) is 5.73 Å². The molecule has 1 aromatic rings. The quantitative estimate of drug-likeness (QED) is 0.653. The highest BCUT2D eigenvalue weighted by molar-refractivity contribution is 5.42. The molecule has 0 amide bonds. The Morgan fingerprint density at radius 1 is 1.00 bits per heavy atom. The molecule has 3 nitrogen and oxygen atoms in total. The van der Waals surface area contributed by atoms with Crippen molar-refractivity contribution in [2.45, 2.75) is 52.0 Å². The summed E-state index contributed by atoms with van der Waals surface area (Å²) in [5, 5.41) is 0. The minimum atomic E-state index is 0.525. The van der Waals surface area contributed by atoms with Gasteiger partial charge in [0.1, 0.15) is 0 Å². The molecule has 0 aliphatic carbocycles. The first kappa shape index (κ1) is 15.8. The molecule has 1 aromatic carbocycles. The molecule has 0 heterocycles. The van der Waals surface area contributed by atoms with E-state index in [4.69, 9.17) is 15.2 Å². The molecule has 0 bridgehead atoms. The first-order chi connectivity index (χ1) is 9.31. The third kappa shape index (κ3) is 5.97. The topological polar surface area (TPSA) is 44.5 Å². The minimum absolute atomic E-state index is 0.525. The van der Waals surface area contributed by atoms with Crippen LogP contribution in [0.1, 0.15) is 51.0 Å². The predicted molar refractivity (Wildman–Crippen MR) is 79.8 cm³/mol. The van der Waals surface area contributed by atoms with Crippen LogP contribution in [0.5, 0.6) is 11.5 Å². The largest absolute Gasteiger partial charge is 0.493 e. The van der Waals surface area contributed by atoms with Gasteiger partial charge in [-0.05, 0) is 24.1 Å². The van der Waals surface area contributed by atoms with Gasteiger partial charge in [0, 0.05) is 6.54 Å². The first-order valence-electron chi connectivity index (χ1n) is 7.31. The molecule has 19 heavy (non-hydrogen) atoms. The van der Waals surface area contributed by atoms with Crippen LogP contribution in [0.4, 0.5) is 0 Å². The average molecular weight is 265 g/mol. The third-order valence-corrected chi connectivity index (χ3v) is 3.22. The van der Waals surface area contributed by atoms with Crippen molar-refractivity contribution in [3.8, 4) is 11.5 Å². The van der Waals surface area contributed by atoms with Crippen LogP contribution in [-0.2, 0) is 6.54 Å². The Hall–Kier alpha value is -1.22. The number of hydrogen-bond donors (Lipinski definition) is 1. The maximum absolute atomic E-state index is 5.80. The lowest BCUT2D eigenvalue weighted by molar-refractivity contribution is 0.284. The maximum Gasteiger partial charge on any atom is 0.161 e. The van der Waals surface area contributed by atoms with Crippen LogP contribution in [0.3, 0.4) is 0 Å². The summed E-state index contributed by atoms with van der Waals surface area (Å²) in [6.45, 7) is 3.51. The second-order valence-electron chi connectivity index (χ2n) is 4.81. The van der Waals surface area contributed by atoms with Gasteiger partial charge >= 0.3 is 0 Å². The molecule has 0 fully saturated rings. The van der Waals surface area contributed by atoms with Crippen LogP contribution in [0.15, 0.2) is 18.2 Å². The zero-order chi connectivity index (χ0) is 13.9. The maximum atomic E-state index is 5.80. The Balaban J connectivity index is 2.31. The lowest BCUT2D eigenvalue weighted by Gasteiger charge is -2.11. The Bertz CT molecular complexity index is 353. The minimum Gasteiger partial charge on any atom is -0.493 e. The van der Waals surface area contributed by atoms with E-state index in [0.717, 1.165) is 30.1 Å². The fraction of sp³-hybridized carbons (Fsp3) is 0.625. The van der Waals surface area contributed by atoms with Crippen LogP contribution in [-0.4, -0.2) is 13.7 Å². The first-order valence-corrected chi connectivity index (χ1v) is 7.31. The molecule has 3 heteroatoms. The van der Waals surface area contributed by atoms with Gasteiger partial charge < -0.3 is 15.2 Å². The van der Waals surface area contributed by atoms with E-state index in [1.807, 2.05) is 18.2 Å². The Morgan fingerprint density at radius 3 is 2.42 bits per heavy atom. The molecule has 0 saturated heterocycles. The SMILES string of the molecule is CCCCCCCCOc1cc(CN)ccc1OC. The van der Waals surface area contributed by atoms with Crippen molar-refractivity contribution in [1.29, 1.82) is 0 Å². The third-order valence-electron chi connectivity index (χ3n) is 3.22. The van der Waals surface area contributed by atoms with Gasteiger partial charge in [-0.2, -0.15) is 0 Å². The molecule has 0 atom stereocenters. The van der Waals surface area contributed by atoms with Gasteiger partial charge in [-0.3, -0.25) is 0 Å². The molecule has 1 rings (SSSR count). The number of ether oxygens (including phenoxy) is 2. The van der Waals surface area contributed by atoms with Gasteiger partial charge in [-0.1, -0.05) is 45.1 Å². The summed E-state index contributed by atoms with van der Waals surface area (Å²) >= 11 is 0. The fourth-order valence-electron chi connectivity index (χ4n) is 2.03. The molecule has 0 saturated carbocycles. The monoisotopic (exact) mass is 265 g/mol. The van der Waals surface area contributed by atoms with E-state index in [1.54, 1.807) is 7.11 Å². The van der Waals surface area contributed by atoms with E-state index in [9.17, 15) is 0 Å². The molecular formula is C16H27NO2. The molecule has 0 aromatic heterocycles. The zero-order valence-corrected chi connectivity index (χ0v) is 12.3. The molecule has 0 aliphatic rings. The molecular weight excluding hydrogens is 238 g/mol. The Labute approximate surface area is 117 Å². The van der Waals surface area contributed by atoms with Crippen molar-refractivity contribution in [1.82, 2.24) is 0 Å². The molecule has 0 aliphatic heterocycles. The number of benzene rings is 1. The van der Waals surface area contributed by atoms with E-state index in [0.29, 0.717) is 6.54 Å². The van der Waals surface area contributed by atoms with Gasteiger partial charge in [0.2, 0.25) is 0 Å². The second kappa shape index (κ2) is 9.68. The van der Waals surface area contributed by atoms with Gasteiger partial charge in [-0.25, -0.2) is 0 Å².